The monoisotopic (exact) mass is 331 g/mol. The second-order valence-electron chi connectivity index (χ2n) is 4.68. The second-order valence-corrected chi connectivity index (χ2v) is 5.54. The van der Waals surface area contributed by atoms with E-state index < -0.39 is 0 Å². The summed E-state index contributed by atoms with van der Waals surface area (Å²) in [5.74, 6) is 0.787. The maximum absolute atomic E-state index is 12.4. The van der Waals surface area contributed by atoms with Gasteiger partial charge in [-0.05, 0) is 34.1 Å². The molecule has 0 bridgehead atoms. The number of halogens is 1. The fraction of sp³-hybridized carbons (Fsp3) is 0.188. The van der Waals surface area contributed by atoms with Crippen LogP contribution in [0.3, 0.4) is 0 Å². The van der Waals surface area contributed by atoms with E-state index in [1.165, 1.54) is 0 Å². The van der Waals surface area contributed by atoms with Crippen molar-refractivity contribution in [2.24, 2.45) is 0 Å². The Balaban J connectivity index is 1.83. The summed E-state index contributed by atoms with van der Waals surface area (Å²) in [6, 6.07) is 15.3. The van der Waals surface area contributed by atoms with Gasteiger partial charge < -0.3 is 10.1 Å². The standard InChI is InChI=1S/C16H14BrNO2/c17-13-7-3-1-5-11(13)16(19)18-14-9-10-20-15-8-4-2-6-12(14)15/h1-8,14H,9-10H2,(H,18,19)/t14-/m1/s1. The molecule has 0 saturated carbocycles. The lowest BCUT2D eigenvalue weighted by Gasteiger charge is -2.26. The van der Waals surface area contributed by atoms with E-state index in [0.29, 0.717) is 12.2 Å². The Kier molecular flexibility index (Phi) is 3.74. The van der Waals surface area contributed by atoms with Crippen LogP contribution in [0.4, 0.5) is 0 Å². The molecule has 0 spiro atoms. The van der Waals surface area contributed by atoms with Crippen LogP contribution in [-0.4, -0.2) is 12.5 Å². The van der Waals surface area contributed by atoms with Crippen LogP contribution in [0, 0.1) is 0 Å². The van der Waals surface area contributed by atoms with Crippen LogP contribution in [0.2, 0.25) is 0 Å². The van der Waals surface area contributed by atoms with E-state index in [0.717, 1.165) is 22.2 Å². The first-order valence-electron chi connectivity index (χ1n) is 6.53. The number of fused-ring (bicyclic) bond motifs is 1. The zero-order valence-corrected chi connectivity index (χ0v) is 12.4. The molecule has 0 saturated heterocycles. The van der Waals surface area contributed by atoms with E-state index in [9.17, 15) is 4.79 Å². The van der Waals surface area contributed by atoms with Crippen molar-refractivity contribution >= 4 is 21.8 Å². The average Bonchev–Trinajstić information content (AvgIpc) is 2.48. The van der Waals surface area contributed by atoms with Crippen molar-refractivity contribution in [3.8, 4) is 5.75 Å². The summed E-state index contributed by atoms with van der Waals surface area (Å²) < 4.78 is 6.41. The normalized spacial score (nSPS) is 16.9. The summed E-state index contributed by atoms with van der Waals surface area (Å²) in [6.07, 6.45) is 0.785. The zero-order valence-electron chi connectivity index (χ0n) is 10.8. The average molecular weight is 332 g/mol. The fourth-order valence-corrected chi connectivity index (χ4v) is 2.84. The van der Waals surface area contributed by atoms with Gasteiger partial charge in [0.1, 0.15) is 5.75 Å². The van der Waals surface area contributed by atoms with E-state index in [2.05, 4.69) is 21.2 Å². The number of benzene rings is 2. The number of carbonyl (C=O) groups excluding carboxylic acids is 1. The van der Waals surface area contributed by atoms with E-state index in [1.54, 1.807) is 0 Å². The Labute approximate surface area is 126 Å². The molecule has 0 fully saturated rings. The molecule has 2 aromatic carbocycles. The Morgan fingerprint density at radius 1 is 1.15 bits per heavy atom. The molecule has 1 heterocycles. The van der Waals surface area contributed by atoms with E-state index in [1.807, 2.05) is 48.5 Å². The second kappa shape index (κ2) is 5.67. The molecule has 4 heteroatoms. The fourth-order valence-electron chi connectivity index (χ4n) is 2.37. The third-order valence-corrected chi connectivity index (χ3v) is 4.07. The minimum Gasteiger partial charge on any atom is -0.493 e. The van der Waals surface area contributed by atoms with Gasteiger partial charge in [-0.1, -0.05) is 30.3 Å². The largest absolute Gasteiger partial charge is 0.493 e. The molecular weight excluding hydrogens is 318 g/mol. The minimum atomic E-state index is -0.0702. The Bertz CT molecular complexity index is 642. The zero-order chi connectivity index (χ0) is 13.9. The van der Waals surface area contributed by atoms with Crippen LogP contribution in [0.5, 0.6) is 5.75 Å². The van der Waals surface area contributed by atoms with Crippen molar-refractivity contribution < 1.29 is 9.53 Å². The van der Waals surface area contributed by atoms with Gasteiger partial charge in [0.15, 0.2) is 0 Å². The Hall–Kier alpha value is -1.81. The molecule has 0 aromatic heterocycles. The quantitative estimate of drug-likeness (QED) is 0.911. The van der Waals surface area contributed by atoms with E-state index in [4.69, 9.17) is 4.74 Å². The lowest BCUT2D eigenvalue weighted by Crippen LogP contribution is -2.32. The van der Waals surface area contributed by atoms with Gasteiger partial charge >= 0.3 is 0 Å². The van der Waals surface area contributed by atoms with Gasteiger partial charge in [0.2, 0.25) is 0 Å². The molecule has 102 valence electrons. The maximum Gasteiger partial charge on any atom is 0.252 e. The smallest absolute Gasteiger partial charge is 0.252 e. The molecule has 1 aliphatic heterocycles. The van der Waals surface area contributed by atoms with Crippen LogP contribution < -0.4 is 10.1 Å². The highest BCUT2D eigenvalue weighted by Crippen LogP contribution is 2.31. The topological polar surface area (TPSA) is 38.3 Å². The van der Waals surface area contributed by atoms with Gasteiger partial charge in [0.05, 0.1) is 18.2 Å². The summed E-state index contributed by atoms with van der Waals surface area (Å²) in [4.78, 5) is 12.4. The van der Waals surface area contributed by atoms with Crippen molar-refractivity contribution in [3.05, 3.63) is 64.1 Å². The maximum atomic E-state index is 12.4. The highest BCUT2D eigenvalue weighted by atomic mass is 79.9. The van der Waals surface area contributed by atoms with Crippen LogP contribution in [0.1, 0.15) is 28.4 Å². The van der Waals surface area contributed by atoms with Gasteiger partial charge in [-0.3, -0.25) is 4.79 Å². The number of ether oxygens (including phenoxy) is 1. The highest BCUT2D eigenvalue weighted by Gasteiger charge is 2.23. The highest BCUT2D eigenvalue weighted by molar-refractivity contribution is 9.10. The van der Waals surface area contributed by atoms with Gasteiger partial charge in [-0.25, -0.2) is 0 Å². The molecule has 2 aromatic rings. The number of hydrogen-bond acceptors (Lipinski definition) is 2. The summed E-state index contributed by atoms with van der Waals surface area (Å²) >= 11 is 3.41. The molecule has 1 aliphatic rings. The van der Waals surface area contributed by atoms with Crippen LogP contribution in [0.15, 0.2) is 53.0 Å². The van der Waals surface area contributed by atoms with Crippen molar-refractivity contribution in [3.63, 3.8) is 0 Å². The molecule has 3 rings (SSSR count). The van der Waals surface area contributed by atoms with Crippen molar-refractivity contribution in [2.45, 2.75) is 12.5 Å². The molecule has 0 radical (unpaired) electrons. The number of rotatable bonds is 2. The van der Waals surface area contributed by atoms with Crippen molar-refractivity contribution in [1.29, 1.82) is 0 Å². The van der Waals surface area contributed by atoms with Gasteiger partial charge in [-0.2, -0.15) is 0 Å². The number of hydrogen-bond donors (Lipinski definition) is 1. The number of amides is 1. The number of carbonyl (C=O) groups is 1. The van der Waals surface area contributed by atoms with E-state index in [-0.39, 0.29) is 11.9 Å². The molecule has 1 amide bonds. The first-order chi connectivity index (χ1) is 9.75. The summed E-state index contributed by atoms with van der Waals surface area (Å²) in [7, 11) is 0. The third-order valence-electron chi connectivity index (χ3n) is 3.38. The molecule has 0 unspecified atom stereocenters. The molecule has 1 N–H and O–H groups in total. The summed E-state index contributed by atoms with van der Waals surface area (Å²) in [5, 5.41) is 3.08. The molecule has 3 nitrogen and oxygen atoms in total. The first-order valence-corrected chi connectivity index (χ1v) is 7.32. The summed E-state index contributed by atoms with van der Waals surface area (Å²) in [5.41, 5.74) is 1.69. The SMILES string of the molecule is O=C(N[C@@H]1CCOc2ccccc21)c1ccccc1Br. The predicted molar refractivity (Wildman–Crippen MR) is 80.9 cm³/mol. The Morgan fingerprint density at radius 2 is 1.90 bits per heavy atom. The molecule has 1 atom stereocenters. The predicted octanol–water partition coefficient (Wildman–Crippen LogP) is 3.70. The Morgan fingerprint density at radius 3 is 2.75 bits per heavy atom. The van der Waals surface area contributed by atoms with Crippen LogP contribution in [0.25, 0.3) is 0 Å². The lowest BCUT2D eigenvalue weighted by atomic mass is 10.00. The van der Waals surface area contributed by atoms with Crippen LogP contribution >= 0.6 is 15.9 Å². The number of nitrogens with one attached hydrogen (secondary N) is 1. The molecule has 0 aliphatic carbocycles. The van der Waals surface area contributed by atoms with Crippen LogP contribution in [-0.2, 0) is 0 Å². The third kappa shape index (κ3) is 2.56. The van der Waals surface area contributed by atoms with Crippen molar-refractivity contribution in [2.75, 3.05) is 6.61 Å². The van der Waals surface area contributed by atoms with Gasteiger partial charge in [0.25, 0.3) is 5.91 Å². The van der Waals surface area contributed by atoms with Gasteiger partial charge in [-0.15, -0.1) is 0 Å². The number of para-hydroxylation sites is 1. The molecular formula is C16H14BrNO2. The van der Waals surface area contributed by atoms with Crippen molar-refractivity contribution in [1.82, 2.24) is 5.32 Å². The first kappa shape index (κ1) is 13.2. The minimum absolute atomic E-state index is 0.000411. The lowest BCUT2D eigenvalue weighted by molar-refractivity contribution is 0.0924. The van der Waals surface area contributed by atoms with Gasteiger partial charge in [0, 0.05) is 16.5 Å². The van der Waals surface area contributed by atoms with E-state index >= 15 is 0 Å². The molecule has 20 heavy (non-hydrogen) atoms. The summed E-state index contributed by atoms with van der Waals surface area (Å²) in [6.45, 7) is 0.623.